The van der Waals surface area contributed by atoms with Gasteiger partial charge < -0.3 is 14.2 Å². The Morgan fingerprint density at radius 2 is 1.00 bits per heavy atom. The summed E-state index contributed by atoms with van der Waals surface area (Å²) in [6.07, 6.45) is 1.10. The smallest absolute Gasteiger partial charge is 0.283 e. The van der Waals surface area contributed by atoms with Crippen molar-refractivity contribution in [3.05, 3.63) is 115 Å². The van der Waals surface area contributed by atoms with Crippen molar-refractivity contribution in [3.8, 4) is 0 Å². The predicted molar refractivity (Wildman–Crippen MR) is 112 cm³/mol. The molecule has 0 aliphatic rings. The molecule has 3 aromatic carbocycles. The standard InChI is InChI=1S/C25H27O3/c1-4-20-24(26-2,27-3)28-25(21-14-8-5-9-15-21,22-16-10-6-11-17-22)23-18-12-7-13-19-23/h5-19H,1,4,20H2,2-3H3. The fourth-order valence-electron chi connectivity index (χ4n) is 3.57. The van der Waals surface area contributed by atoms with Crippen LogP contribution < -0.4 is 0 Å². The maximum absolute atomic E-state index is 6.84. The third-order valence-electron chi connectivity index (χ3n) is 4.95. The quantitative estimate of drug-likeness (QED) is 0.362. The van der Waals surface area contributed by atoms with Crippen molar-refractivity contribution in [2.45, 2.75) is 24.4 Å². The fourth-order valence-corrected chi connectivity index (χ4v) is 3.57. The Morgan fingerprint density at radius 3 is 1.29 bits per heavy atom. The molecule has 28 heavy (non-hydrogen) atoms. The third-order valence-corrected chi connectivity index (χ3v) is 4.95. The molecule has 0 unspecified atom stereocenters. The second-order valence-corrected chi connectivity index (χ2v) is 6.58. The summed E-state index contributed by atoms with van der Waals surface area (Å²) in [5, 5.41) is 0. The predicted octanol–water partition coefficient (Wildman–Crippen LogP) is 5.56. The molecule has 3 rings (SSSR count). The van der Waals surface area contributed by atoms with Gasteiger partial charge in [-0.1, -0.05) is 97.9 Å². The summed E-state index contributed by atoms with van der Waals surface area (Å²) in [4.78, 5) is 0. The molecule has 3 aromatic rings. The van der Waals surface area contributed by atoms with Crippen LogP contribution in [0.2, 0.25) is 0 Å². The maximum atomic E-state index is 6.84. The lowest BCUT2D eigenvalue weighted by Crippen LogP contribution is -2.47. The van der Waals surface area contributed by atoms with Crippen molar-refractivity contribution in [1.29, 1.82) is 0 Å². The van der Waals surface area contributed by atoms with Crippen LogP contribution in [0.3, 0.4) is 0 Å². The van der Waals surface area contributed by atoms with E-state index in [1.165, 1.54) is 0 Å². The normalized spacial score (nSPS) is 12.1. The molecule has 0 aliphatic carbocycles. The van der Waals surface area contributed by atoms with Crippen molar-refractivity contribution in [2.75, 3.05) is 14.2 Å². The van der Waals surface area contributed by atoms with Crippen LogP contribution in [0.4, 0.5) is 0 Å². The van der Waals surface area contributed by atoms with Gasteiger partial charge in [-0.25, -0.2) is 0 Å². The molecule has 0 N–H and O–H groups in total. The van der Waals surface area contributed by atoms with E-state index in [0.717, 1.165) is 16.7 Å². The molecule has 0 spiro atoms. The van der Waals surface area contributed by atoms with Crippen molar-refractivity contribution in [3.63, 3.8) is 0 Å². The molecular formula is C25H27O3. The Labute approximate surface area is 167 Å². The van der Waals surface area contributed by atoms with Crippen molar-refractivity contribution < 1.29 is 14.2 Å². The van der Waals surface area contributed by atoms with Gasteiger partial charge in [-0.15, -0.1) is 0 Å². The van der Waals surface area contributed by atoms with Gasteiger partial charge in [0.25, 0.3) is 5.97 Å². The van der Waals surface area contributed by atoms with Crippen LogP contribution in [-0.2, 0) is 19.8 Å². The lowest BCUT2D eigenvalue weighted by Gasteiger charge is -2.43. The van der Waals surface area contributed by atoms with Crippen LogP contribution in [0.15, 0.2) is 91.0 Å². The fraction of sp³-hybridized carbons (Fsp3) is 0.240. The molecule has 0 aliphatic heterocycles. The van der Waals surface area contributed by atoms with Crippen LogP contribution in [0.5, 0.6) is 0 Å². The molecule has 3 nitrogen and oxygen atoms in total. The van der Waals surface area contributed by atoms with Gasteiger partial charge in [0.2, 0.25) is 0 Å². The summed E-state index contributed by atoms with van der Waals surface area (Å²) in [7, 11) is 3.20. The number of hydrogen-bond acceptors (Lipinski definition) is 3. The van der Waals surface area contributed by atoms with Crippen LogP contribution in [0.1, 0.15) is 29.5 Å². The molecule has 0 aromatic heterocycles. The van der Waals surface area contributed by atoms with E-state index >= 15 is 0 Å². The van der Waals surface area contributed by atoms with Gasteiger partial charge in [0.05, 0.1) is 0 Å². The van der Waals surface area contributed by atoms with E-state index < -0.39 is 11.6 Å². The number of methoxy groups -OCH3 is 2. The minimum Gasteiger partial charge on any atom is -0.331 e. The van der Waals surface area contributed by atoms with Crippen LogP contribution in [0, 0.1) is 6.92 Å². The van der Waals surface area contributed by atoms with Gasteiger partial charge in [0, 0.05) is 20.6 Å². The van der Waals surface area contributed by atoms with E-state index in [-0.39, 0.29) is 0 Å². The average Bonchev–Trinajstić information content (AvgIpc) is 2.79. The second kappa shape index (κ2) is 9.16. The molecule has 0 atom stereocenters. The highest BCUT2D eigenvalue weighted by Crippen LogP contribution is 2.44. The Balaban J connectivity index is 2.31. The van der Waals surface area contributed by atoms with Crippen LogP contribution in [-0.4, -0.2) is 20.2 Å². The molecule has 0 amide bonds. The van der Waals surface area contributed by atoms with E-state index in [1.54, 1.807) is 14.2 Å². The summed E-state index contributed by atoms with van der Waals surface area (Å²) in [6.45, 7) is 3.97. The van der Waals surface area contributed by atoms with Gasteiger partial charge in [-0.05, 0) is 23.1 Å². The highest BCUT2D eigenvalue weighted by molar-refractivity contribution is 5.47. The minimum atomic E-state index is -1.23. The topological polar surface area (TPSA) is 27.7 Å². The first kappa shape index (κ1) is 20.3. The zero-order chi connectivity index (χ0) is 19.9. The highest BCUT2D eigenvalue weighted by atomic mass is 16.9. The first-order valence-electron chi connectivity index (χ1n) is 9.47. The van der Waals surface area contributed by atoms with Crippen molar-refractivity contribution in [2.24, 2.45) is 0 Å². The van der Waals surface area contributed by atoms with Crippen LogP contribution >= 0.6 is 0 Å². The molecule has 3 heteroatoms. The summed E-state index contributed by atoms with van der Waals surface area (Å²) < 4.78 is 18.4. The Hall–Kier alpha value is -2.46. The first-order valence-corrected chi connectivity index (χ1v) is 9.47. The molecule has 0 saturated carbocycles. The average molecular weight is 375 g/mol. The lowest BCUT2D eigenvalue weighted by molar-refractivity contribution is -0.389. The Bertz CT molecular complexity index is 731. The molecule has 0 fully saturated rings. The number of benzene rings is 3. The molecule has 0 heterocycles. The van der Waals surface area contributed by atoms with E-state index in [4.69, 9.17) is 14.2 Å². The summed E-state index contributed by atoms with van der Waals surface area (Å²) >= 11 is 0. The summed E-state index contributed by atoms with van der Waals surface area (Å²) in [6, 6.07) is 30.5. The summed E-state index contributed by atoms with van der Waals surface area (Å²) in [5.41, 5.74) is 2.07. The zero-order valence-corrected chi connectivity index (χ0v) is 16.5. The number of rotatable bonds is 9. The van der Waals surface area contributed by atoms with E-state index in [0.29, 0.717) is 12.8 Å². The molecule has 145 valence electrons. The monoisotopic (exact) mass is 375 g/mol. The summed E-state index contributed by atoms with van der Waals surface area (Å²) in [5.74, 6) is -1.23. The van der Waals surface area contributed by atoms with Crippen molar-refractivity contribution in [1.82, 2.24) is 0 Å². The SMILES string of the molecule is [CH2]CCC(OC)(OC)OC(c1ccccc1)(c1ccccc1)c1ccccc1. The number of hydrogen-bond donors (Lipinski definition) is 0. The maximum Gasteiger partial charge on any atom is 0.283 e. The molecule has 0 bridgehead atoms. The van der Waals surface area contributed by atoms with Gasteiger partial charge in [-0.3, -0.25) is 0 Å². The largest absolute Gasteiger partial charge is 0.331 e. The first-order chi connectivity index (χ1) is 13.7. The highest BCUT2D eigenvalue weighted by Gasteiger charge is 2.46. The van der Waals surface area contributed by atoms with E-state index in [9.17, 15) is 0 Å². The second-order valence-electron chi connectivity index (χ2n) is 6.58. The van der Waals surface area contributed by atoms with Gasteiger partial charge in [0.1, 0.15) is 5.60 Å². The third kappa shape index (κ3) is 3.88. The van der Waals surface area contributed by atoms with Gasteiger partial charge in [0.15, 0.2) is 0 Å². The lowest BCUT2D eigenvalue weighted by atomic mass is 9.80. The van der Waals surface area contributed by atoms with Crippen molar-refractivity contribution >= 4 is 0 Å². The van der Waals surface area contributed by atoms with E-state index in [2.05, 4.69) is 43.3 Å². The molecule has 0 saturated heterocycles. The van der Waals surface area contributed by atoms with Crippen LogP contribution in [0.25, 0.3) is 0 Å². The van der Waals surface area contributed by atoms with Gasteiger partial charge >= 0.3 is 0 Å². The Morgan fingerprint density at radius 1 is 0.643 bits per heavy atom. The minimum absolute atomic E-state index is 0.494. The van der Waals surface area contributed by atoms with Gasteiger partial charge in [-0.2, -0.15) is 0 Å². The van der Waals surface area contributed by atoms with E-state index in [1.807, 2.05) is 54.6 Å². The molecular weight excluding hydrogens is 348 g/mol. The number of ether oxygens (including phenoxy) is 3. The Kier molecular flexibility index (Phi) is 6.63. The zero-order valence-electron chi connectivity index (χ0n) is 16.5. The molecule has 1 radical (unpaired) electrons.